The van der Waals surface area contributed by atoms with E-state index >= 15 is 0 Å². The van der Waals surface area contributed by atoms with Crippen molar-refractivity contribution in [2.24, 2.45) is 28.8 Å². The molecule has 0 N–H and O–H groups in total. The molecule has 29 heavy (non-hydrogen) atoms. The molecule has 4 atom stereocenters. The van der Waals surface area contributed by atoms with Gasteiger partial charge < -0.3 is 4.57 Å². The molecule has 0 spiro atoms. The van der Waals surface area contributed by atoms with Crippen molar-refractivity contribution in [3.63, 3.8) is 0 Å². The highest BCUT2D eigenvalue weighted by Gasteiger charge is 2.56. The number of imide groups is 1. The highest BCUT2D eigenvalue weighted by Crippen LogP contribution is 2.49. The summed E-state index contributed by atoms with van der Waals surface area (Å²) in [5.41, 5.74) is 3.72. The molecule has 1 aromatic carbocycles. The lowest BCUT2D eigenvalue weighted by molar-refractivity contribution is -0.140. The number of hydrazone groups is 1. The number of fused-ring (bicyclic) bond motifs is 1. The molecule has 6 heteroatoms. The van der Waals surface area contributed by atoms with Crippen LogP contribution in [0.4, 0.5) is 0 Å². The van der Waals surface area contributed by atoms with Gasteiger partial charge in [-0.05, 0) is 56.7 Å². The van der Waals surface area contributed by atoms with Gasteiger partial charge in [-0.25, -0.2) is 0 Å². The Morgan fingerprint density at radius 3 is 2.24 bits per heavy atom. The van der Waals surface area contributed by atoms with Crippen molar-refractivity contribution < 1.29 is 9.59 Å². The maximum Gasteiger partial charge on any atom is 0.254 e. The Bertz CT molecular complexity index is 1050. The van der Waals surface area contributed by atoms with E-state index in [1.54, 1.807) is 6.21 Å². The molecule has 2 amide bonds. The quantitative estimate of drug-likeness (QED) is 0.433. The van der Waals surface area contributed by atoms with Gasteiger partial charge in [0.2, 0.25) is 0 Å². The number of allylic oxidation sites excluding steroid dienone is 2. The van der Waals surface area contributed by atoms with Gasteiger partial charge in [-0.3, -0.25) is 9.59 Å². The molecular weight excluding hydrogens is 386 g/mol. The molecule has 148 valence electrons. The van der Waals surface area contributed by atoms with E-state index in [2.05, 4.69) is 21.8 Å². The van der Waals surface area contributed by atoms with E-state index in [0.29, 0.717) is 5.02 Å². The summed E-state index contributed by atoms with van der Waals surface area (Å²) in [4.78, 5) is 25.8. The molecule has 0 radical (unpaired) electrons. The average Bonchev–Trinajstić information content (AvgIpc) is 3.16. The Morgan fingerprint density at radius 1 is 1.03 bits per heavy atom. The smallest absolute Gasteiger partial charge is 0.254 e. The summed E-state index contributed by atoms with van der Waals surface area (Å²) in [5.74, 6) is -0.442. The molecule has 4 aliphatic rings. The Balaban J connectivity index is 1.46. The zero-order valence-electron chi connectivity index (χ0n) is 16.4. The number of rotatable bonds is 3. The van der Waals surface area contributed by atoms with Crippen molar-refractivity contribution >= 4 is 29.6 Å². The third kappa shape index (κ3) is 2.71. The van der Waals surface area contributed by atoms with E-state index in [0.717, 1.165) is 40.5 Å². The minimum Gasteiger partial charge on any atom is -0.316 e. The van der Waals surface area contributed by atoms with Gasteiger partial charge in [0.15, 0.2) is 0 Å². The molecule has 2 fully saturated rings. The van der Waals surface area contributed by atoms with Crippen LogP contribution in [0.15, 0.2) is 47.6 Å². The normalized spacial score (nSPS) is 28.0. The van der Waals surface area contributed by atoms with Crippen LogP contribution in [0.1, 0.15) is 29.8 Å². The first-order valence-electron chi connectivity index (χ1n) is 10.0. The maximum atomic E-state index is 12.9. The second kappa shape index (κ2) is 6.70. The Labute approximate surface area is 174 Å². The van der Waals surface area contributed by atoms with Gasteiger partial charge in [0.1, 0.15) is 0 Å². The molecular formula is C23H22ClN3O2. The zero-order chi connectivity index (χ0) is 20.3. The summed E-state index contributed by atoms with van der Waals surface area (Å²) in [7, 11) is 0. The summed E-state index contributed by atoms with van der Waals surface area (Å²) < 4.78 is 2.06. The summed E-state index contributed by atoms with van der Waals surface area (Å²) >= 11 is 6.38. The lowest BCUT2D eigenvalue weighted by Crippen LogP contribution is -2.38. The lowest BCUT2D eigenvalue weighted by Gasteiger charge is -2.37. The van der Waals surface area contributed by atoms with E-state index in [1.807, 2.05) is 44.2 Å². The van der Waals surface area contributed by atoms with Gasteiger partial charge >= 0.3 is 0 Å². The SMILES string of the molecule is Cc1cc(/C=N\N2C(=O)[C@@H]3[C@@H](C2=O)[C@H]2C=C[C@H]3CC2)c(C)n1-c1ccccc1Cl. The van der Waals surface area contributed by atoms with Crippen LogP contribution in [0, 0.1) is 37.5 Å². The first kappa shape index (κ1) is 18.4. The highest BCUT2D eigenvalue weighted by molar-refractivity contribution is 6.32. The summed E-state index contributed by atoms with van der Waals surface area (Å²) in [5, 5.41) is 6.11. The molecule has 1 aromatic heterocycles. The molecule has 1 aliphatic heterocycles. The van der Waals surface area contributed by atoms with Gasteiger partial charge in [-0.1, -0.05) is 35.9 Å². The van der Waals surface area contributed by atoms with Crippen LogP contribution in [0.5, 0.6) is 0 Å². The van der Waals surface area contributed by atoms with E-state index < -0.39 is 0 Å². The molecule has 2 bridgehead atoms. The van der Waals surface area contributed by atoms with Crippen molar-refractivity contribution in [3.05, 3.63) is 64.5 Å². The fourth-order valence-corrected chi connectivity index (χ4v) is 5.43. The van der Waals surface area contributed by atoms with Crippen LogP contribution in [0.3, 0.4) is 0 Å². The standard InChI is InChI=1S/C23H22ClN3O2/c1-13-11-17(14(2)26(13)19-6-4-3-5-18(19)24)12-25-27-22(28)20-15-7-8-16(10-9-15)21(20)23(27)29/h3-8,11-12,15-16,20-21H,9-10H2,1-2H3/b25-12-/t15-,16-,20-,21-/m0/s1. The van der Waals surface area contributed by atoms with E-state index in [1.165, 1.54) is 0 Å². The number of benzene rings is 1. The van der Waals surface area contributed by atoms with Crippen molar-refractivity contribution in [3.8, 4) is 5.69 Å². The lowest BCUT2D eigenvalue weighted by atomic mass is 9.63. The van der Waals surface area contributed by atoms with E-state index in [-0.39, 0.29) is 35.5 Å². The van der Waals surface area contributed by atoms with Gasteiger partial charge in [0.25, 0.3) is 11.8 Å². The predicted molar refractivity (Wildman–Crippen MR) is 112 cm³/mol. The summed E-state index contributed by atoms with van der Waals surface area (Å²) in [6, 6.07) is 9.65. The van der Waals surface area contributed by atoms with Gasteiger partial charge in [-0.2, -0.15) is 10.1 Å². The molecule has 2 heterocycles. The van der Waals surface area contributed by atoms with E-state index in [4.69, 9.17) is 11.6 Å². The number of hydrogen-bond acceptors (Lipinski definition) is 3. The molecule has 5 nitrogen and oxygen atoms in total. The maximum absolute atomic E-state index is 12.9. The van der Waals surface area contributed by atoms with Gasteiger partial charge in [-0.15, -0.1) is 0 Å². The third-order valence-electron chi connectivity index (χ3n) is 6.61. The predicted octanol–water partition coefficient (Wildman–Crippen LogP) is 4.28. The topological polar surface area (TPSA) is 54.7 Å². The first-order valence-corrected chi connectivity index (χ1v) is 10.4. The molecule has 1 saturated carbocycles. The Morgan fingerprint density at radius 2 is 1.66 bits per heavy atom. The highest BCUT2D eigenvalue weighted by atomic mass is 35.5. The number of aryl methyl sites for hydroxylation is 1. The number of amides is 2. The molecule has 1 saturated heterocycles. The van der Waals surface area contributed by atoms with Crippen molar-refractivity contribution in [1.29, 1.82) is 0 Å². The van der Waals surface area contributed by atoms with Crippen LogP contribution in [-0.4, -0.2) is 27.6 Å². The van der Waals surface area contributed by atoms with Crippen molar-refractivity contribution in [1.82, 2.24) is 9.58 Å². The number of nitrogens with zero attached hydrogens (tertiary/aromatic N) is 3. The fraction of sp³-hybridized carbons (Fsp3) is 0.348. The van der Waals surface area contributed by atoms with Crippen molar-refractivity contribution in [2.75, 3.05) is 0 Å². The largest absolute Gasteiger partial charge is 0.316 e. The number of carbonyl (C=O) groups is 2. The van der Waals surface area contributed by atoms with Crippen molar-refractivity contribution in [2.45, 2.75) is 26.7 Å². The first-order chi connectivity index (χ1) is 14.0. The third-order valence-corrected chi connectivity index (χ3v) is 6.93. The molecule has 6 rings (SSSR count). The Hall–Kier alpha value is -2.66. The number of hydrogen-bond donors (Lipinski definition) is 0. The van der Waals surface area contributed by atoms with Crippen LogP contribution >= 0.6 is 11.6 Å². The monoisotopic (exact) mass is 407 g/mol. The minimum absolute atomic E-state index is 0.157. The minimum atomic E-state index is -0.237. The number of carbonyl (C=O) groups excluding carboxylic acids is 2. The number of para-hydroxylation sites is 1. The van der Waals surface area contributed by atoms with Crippen LogP contribution in [-0.2, 0) is 9.59 Å². The van der Waals surface area contributed by atoms with Crippen LogP contribution in [0.2, 0.25) is 5.02 Å². The number of aromatic nitrogens is 1. The Kier molecular flexibility index (Phi) is 4.24. The second-order valence-corrected chi connectivity index (χ2v) is 8.59. The summed E-state index contributed by atoms with van der Waals surface area (Å²) in [6.45, 7) is 3.98. The van der Waals surface area contributed by atoms with Crippen LogP contribution in [0.25, 0.3) is 5.69 Å². The zero-order valence-corrected chi connectivity index (χ0v) is 17.1. The summed E-state index contributed by atoms with van der Waals surface area (Å²) in [6.07, 6.45) is 7.82. The van der Waals surface area contributed by atoms with E-state index in [9.17, 15) is 9.59 Å². The van der Waals surface area contributed by atoms with Gasteiger partial charge in [0, 0.05) is 17.0 Å². The van der Waals surface area contributed by atoms with Crippen LogP contribution < -0.4 is 0 Å². The number of halogens is 1. The molecule has 3 aliphatic carbocycles. The second-order valence-electron chi connectivity index (χ2n) is 8.19. The molecule has 0 unspecified atom stereocenters. The average molecular weight is 408 g/mol. The molecule has 2 aromatic rings. The van der Waals surface area contributed by atoms with Gasteiger partial charge in [0.05, 0.1) is 28.8 Å². The fourth-order valence-electron chi connectivity index (χ4n) is 5.21.